The first-order valence-electron chi connectivity index (χ1n) is 7.41. The molecule has 120 valence electrons. The van der Waals surface area contributed by atoms with Crippen LogP contribution < -0.4 is 0 Å². The van der Waals surface area contributed by atoms with Crippen molar-refractivity contribution in [3.8, 4) is 0 Å². The maximum absolute atomic E-state index is 11.7. The van der Waals surface area contributed by atoms with E-state index in [-0.39, 0.29) is 11.9 Å². The molecule has 2 aromatic heterocycles. The van der Waals surface area contributed by atoms with Gasteiger partial charge in [0.25, 0.3) is 0 Å². The van der Waals surface area contributed by atoms with Gasteiger partial charge in [0, 0.05) is 24.8 Å². The van der Waals surface area contributed by atoms with Crippen LogP contribution in [0.3, 0.4) is 0 Å². The second-order valence-corrected chi connectivity index (χ2v) is 4.80. The molecule has 0 aliphatic carbocycles. The van der Waals surface area contributed by atoms with Crippen molar-refractivity contribution in [1.82, 2.24) is 9.97 Å². The van der Waals surface area contributed by atoms with Crippen molar-refractivity contribution in [3.05, 3.63) is 60.2 Å². The maximum atomic E-state index is 11.7. The predicted molar refractivity (Wildman–Crippen MR) is 82.9 cm³/mol. The fourth-order valence-corrected chi connectivity index (χ4v) is 1.85. The third kappa shape index (κ3) is 5.86. The monoisotopic (exact) mass is 314 g/mol. The Hall–Kier alpha value is -2.76. The summed E-state index contributed by atoms with van der Waals surface area (Å²) in [4.78, 5) is 31.0. The minimum Gasteiger partial charge on any atom is -0.462 e. The van der Waals surface area contributed by atoms with E-state index in [1.807, 2.05) is 0 Å². The fraction of sp³-hybridized carbons (Fsp3) is 0.294. The number of carbonyl (C=O) groups excluding carboxylic acids is 2. The number of aromatic nitrogens is 2. The second kappa shape index (κ2) is 9.30. The Morgan fingerprint density at radius 2 is 1.09 bits per heavy atom. The molecule has 0 radical (unpaired) electrons. The number of rotatable bonds is 8. The molecule has 6 nitrogen and oxygen atoms in total. The van der Waals surface area contributed by atoms with Gasteiger partial charge in [0.05, 0.1) is 24.3 Å². The van der Waals surface area contributed by atoms with E-state index in [0.717, 1.165) is 19.3 Å². The molecule has 0 atom stereocenters. The second-order valence-electron chi connectivity index (χ2n) is 4.80. The largest absolute Gasteiger partial charge is 0.462 e. The van der Waals surface area contributed by atoms with Crippen LogP contribution >= 0.6 is 0 Å². The Morgan fingerprint density at radius 1 is 0.696 bits per heavy atom. The van der Waals surface area contributed by atoms with Gasteiger partial charge in [0.15, 0.2) is 0 Å². The van der Waals surface area contributed by atoms with Gasteiger partial charge < -0.3 is 9.47 Å². The highest BCUT2D eigenvalue weighted by Crippen LogP contribution is 2.04. The quantitative estimate of drug-likeness (QED) is 0.550. The average Bonchev–Trinajstić information content (AvgIpc) is 2.62. The zero-order valence-electron chi connectivity index (χ0n) is 12.7. The molecule has 0 aliphatic heterocycles. The first kappa shape index (κ1) is 16.6. The summed E-state index contributed by atoms with van der Waals surface area (Å²) in [6.07, 6.45) is 8.46. The number of hydrogen-bond donors (Lipinski definition) is 0. The van der Waals surface area contributed by atoms with Crippen LogP contribution in [-0.2, 0) is 9.47 Å². The summed E-state index contributed by atoms with van der Waals surface area (Å²) < 4.78 is 10.3. The summed E-state index contributed by atoms with van der Waals surface area (Å²) in [6.45, 7) is 0.693. The third-order valence-electron chi connectivity index (χ3n) is 3.09. The lowest BCUT2D eigenvalue weighted by molar-refractivity contribution is 0.0478. The molecular weight excluding hydrogens is 296 g/mol. The molecule has 6 heteroatoms. The van der Waals surface area contributed by atoms with Crippen LogP contribution in [0.1, 0.15) is 40.0 Å². The van der Waals surface area contributed by atoms with Crippen LogP contribution in [0, 0.1) is 0 Å². The van der Waals surface area contributed by atoms with Crippen molar-refractivity contribution in [3.63, 3.8) is 0 Å². The van der Waals surface area contributed by atoms with Crippen molar-refractivity contribution in [2.24, 2.45) is 0 Å². The normalized spacial score (nSPS) is 10.1. The first-order valence-corrected chi connectivity index (χ1v) is 7.41. The van der Waals surface area contributed by atoms with E-state index in [1.54, 1.807) is 49.1 Å². The molecule has 0 bridgehead atoms. The lowest BCUT2D eigenvalue weighted by atomic mass is 10.2. The van der Waals surface area contributed by atoms with Gasteiger partial charge >= 0.3 is 11.9 Å². The SMILES string of the molecule is O=C(OCCCCCOC(=O)c1ccncc1)c1ccncc1. The molecule has 0 aromatic carbocycles. The van der Waals surface area contributed by atoms with Crippen LogP contribution in [0.25, 0.3) is 0 Å². The average molecular weight is 314 g/mol. The summed E-state index contributed by atoms with van der Waals surface area (Å²) in [5.74, 6) is -0.701. The van der Waals surface area contributed by atoms with Gasteiger partial charge in [-0.2, -0.15) is 0 Å². The van der Waals surface area contributed by atoms with Crippen molar-refractivity contribution < 1.29 is 19.1 Å². The summed E-state index contributed by atoms with van der Waals surface area (Å²) in [7, 11) is 0. The van der Waals surface area contributed by atoms with Crippen molar-refractivity contribution >= 4 is 11.9 Å². The first-order chi connectivity index (χ1) is 11.3. The van der Waals surface area contributed by atoms with Gasteiger partial charge in [0.1, 0.15) is 0 Å². The van der Waals surface area contributed by atoms with E-state index in [0.29, 0.717) is 24.3 Å². The van der Waals surface area contributed by atoms with Crippen LogP contribution in [0.2, 0.25) is 0 Å². The van der Waals surface area contributed by atoms with E-state index < -0.39 is 0 Å². The van der Waals surface area contributed by atoms with Crippen LogP contribution in [-0.4, -0.2) is 35.1 Å². The maximum Gasteiger partial charge on any atom is 0.338 e. The Morgan fingerprint density at radius 3 is 1.48 bits per heavy atom. The molecule has 0 fully saturated rings. The zero-order chi connectivity index (χ0) is 16.3. The minimum absolute atomic E-state index is 0.347. The molecule has 23 heavy (non-hydrogen) atoms. The molecule has 2 aromatic rings. The highest BCUT2D eigenvalue weighted by molar-refractivity contribution is 5.89. The highest BCUT2D eigenvalue weighted by atomic mass is 16.5. The lowest BCUT2D eigenvalue weighted by Gasteiger charge is -2.06. The van der Waals surface area contributed by atoms with Gasteiger partial charge in [-0.25, -0.2) is 9.59 Å². The third-order valence-corrected chi connectivity index (χ3v) is 3.09. The number of esters is 2. The summed E-state index contributed by atoms with van der Waals surface area (Å²) in [5, 5.41) is 0. The molecule has 0 amide bonds. The number of nitrogens with zero attached hydrogens (tertiary/aromatic N) is 2. The summed E-state index contributed by atoms with van der Waals surface area (Å²) in [5.41, 5.74) is 0.984. The molecule has 2 rings (SSSR count). The Labute approximate surface area is 134 Å². The topological polar surface area (TPSA) is 78.4 Å². The molecule has 2 heterocycles. The van der Waals surface area contributed by atoms with Crippen molar-refractivity contribution in [1.29, 1.82) is 0 Å². The summed E-state index contributed by atoms with van der Waals surface area (Å²) >= 11 is 0. The molecule has 0 spiro atoms. The number of unbranched alkanes of at least 4 members (excludes halogenated alkanes) is 2. The number of pyridine rings is 2. The Kier molecular flexibility index (Phi) is 6.71. The van der Waals surface area contributed by atoms with Gasteiger partial charge in [-0.05, 0) is 43.5 Å². The number of carbonyl (C=O) groups is 2. The molecular formula is C17H18N2O4. The predicted octanol–water partition coefficient (Wildman–Crippen LogP) is 2.66. The van der Waals surface area contributed by atoms with Crippen LogP contribution in [0.5, 0.6) is 0 Å². The van der Waals surface area contributed by atoms with Crippen molar-refractivity contribution in [2.45, 2.75) is 19.3 Å². The Balaban J connectivity index is 1.53. The zero-order valence-corrected chi connectivity index (χ0v) is 12.7. The highest BCUT2D eigenvalue weighted by Gasteiger charge is 2.07. The summed E-state index contributed by atoms with van der Waals surface area (Å²) in [6, 6.07) is 6.45. The molecule has 0 N–H and O–H groups in total. The van der Waals surface area contributed by atoms with E-state index in [9.17, 15) is 9.59 Å². The van der Waals surface area contributed by atoms with Gasteiger partial charge in [-0.3, -0.25) is 9.97 Å². The minimum atomic E-state index is -0.350. The molecule has 0 saturated heterocycles. The van der Waals surface area contributed by atoms with Crippen LogP contribution in [0.15, 0.2) is 49.1 Å². The molecule has 0 aliphatic rings. The standard InChI is InChI=1S/C17H18N2O4/c20-16(14-4-8-18-9-5-14)22-12-2-1-3-13-23-17(21)15-6-10-19-11-7-15/h4-11H,1-3,12-13H2. The lowest BCUT2D eigenvalue weighted by Crippen LogP contribution is -2.08. The van der Waals surface area contributed by atoms with Crippen molar-refractivity contribution in [2.75, 3.05) is 13.2 Å². The van der Waals surface area contributed by atoms with E-state index in [2.05, 4.69) is 9.97 Å². The van der Waals surface area contributed by atoms with Gasteiger partial charge in [-0.15, -0.1) is 0 Å². The number of ether oxygens (including phenoxy) is 2. The van der Waals surface area contributed by atoms with Gasteiger partial charge in [-0.1, -0.05) is 0 Å². The van der Waals surface area contributed by atoms with Gasteiger partial charge in [0.2, 0.25) is 0 Å². The van der Waals surface area contributed by atoms with E-state index in [1.165, 1.54) is 0 Å². The fourth-order valence-electron chi connectivity index (χ4n) is 1.85. The van der Waals surface area contributed by atoms with E-state index >= 15 is 0 Å². The molecule has 0 saturated carbocycles. The number of hydrogen-bond acceptors (Lipinski definition) is 6. The Bertz CT molecular complexity index is 562. The smallest absolute Gasteiger partial charge is 0.338 e. The van der Waals surface area contributed by atoms with E-state index in [4.69, 9.17) is 9.47 Å². The van der Waals surface area contributed by atoms with Crippen LogP contribution in [0.4, 0.5) is 0 Å². The molecule has 0 unspecified atom stereocenters.